The van der Waals surface area contributed by atoms with Crippen LogP contribution in [0.25, 0.3) is 0 Å². The summed E-state index contributed by atoms with van der Waals surface area (Å²) in [7, 11) is 5.30. The predicted octanol–water partition coefficient (Wildman–Crippen LogP) is 1.49. The van der Waals surface area contributed by atoms with Crippen molar-refractivity contribution in [2.45, 2.75) is 44.6 Å². The van der Waals surface area contributed by atoms with Crippen molar-refractivity contribution in [2.24, 2.45) is 0 Å². The van der Waals surface area contributed by atoms with E-state index in [4.69, 9.17) is 5.11 Å². The zero-order valence-corrected chi connectivity index (χ0v) is 13.4. The predicted molar refractivity (Wildman–Crippen MR) is 80.0 cm³/mol. The van der Waals surface area contributed by atoms with Gasteiger partial charge in [0.1, 0.15) is 12.3 Å². The lowest BCUT2D eigenvalue weighted by Gasteiger charge is -2.34. The molecule has 0 amide bonds. The molecule has 1 atom stereocenters. The summed E-state index contributed by atoms with van der Waals surface area (Å²) in [5.74, 6) is -2.10. The largest absolute Gasteiger partial charge is 0.509 e. The first-order chi connectivity index (χ1) is 9.50. The van der Waals surface area contributed by atoms with Gasteiger partial charge in [-0.05, 0) is 6.42 Å². The Morgan fingerprint density at radius 3 is 2.14 bits per heavy atom. The normalized spacial score (nSPS) is 15.6. The molecule has 0 aromatic rings. The number of carbonyl (C=O) groups is 2. The quantitative estimate of drug-likeness (QED) is 0.246. The second-order valence-corrected chi connectivity index (χ2v) is 6.50. The molecule has 6 nitrogen and oxygen atoms in total. The van der Waals surface area contributed by atoms with Crippen molar-refractivity contribution in [1.82, 2.24) is 0 Å². The number of unbranched alkanes of at least 4 members (excludes halogenated alkanes) is 2. The molecule has 3 N–H and O–H groups in total. The van der Waals surface area contributed by atoms with Crippen LogP contribution in [0.1, 0.15) is 39.0 Å². The fourth-order valence-corrected chi connectivity index (χ4v) is 2.17. The molecule has 0 heterocycles. The highest BCUT2D eigenvalue weighted by molar-refractivity contribution is 5.90. The number of carbonyl (C=O) groups excluding carboxylic acids is 1. The monoisotopic (exact) mass is 302 g/mol. The Morgan fingerprint density at radius 1 is 1.14 bits per heavy atom. The Labute approximate surface area is 126 Å². The molecule has 0 aromatic heterocycles. The molecular formula is C15H28NO5+. The molecule has 0 bridgehead atoms. The SMILES string of the molecule is CCCCCC(=O)/C=C(\O)C(O)(CC(=O)O)C[N+](C)(C)C. The van der Waals surface area contributed by atoms with Crippen LogP contribution in [0.4, 0.5) is 0 Å². The van der Waals surface area contributed by atoms with E-state index in [-0.39, 0.29) is 23.2 Å². The van der Waals surface area contributed by atoms with Gasteiger partial charge < -0.3 is 19.8 Å². The Hall–Kier alpha value is -1.40. The number of allylic oxidation sites excluding steroid dienone is 1. The number of carboxylic acids is 1. The molecule has 0 radical (unpaired) electrons. The fourth-order valence-electron chi connectivity index (χ4n) is 2.17. The summed E-state index contributed by atoms with van der Waals surface area (Å²) >= 11 is 0. The van der Waals surface area contributed by atoms with Crippen molar-refractivity contribution >= 4 is 11.8 Å². The Kier molecular flexibility index (Phi) is 7.60. The number of carboxylic acid groups (broad SMARTS) is 1. The summed E-state index contributed by atoms with van der Waals surface area (Å²) < 4.78 is 0.256. The number of nitrogens with zero attached hydrogens (tertiary/aromatic N) is 1. The van der Waals surface area contributed by atoms with E-state index in [0.29, 0.717) is 6.42 Å². The number of aliphatic hydroxyl groups is 2. The number of hydrogen-bond acceptors (Lipinski definition) is 4. The van der Waals surface area contributed by atoms with Crippen LogP contribution in [0.15, 0.2) is 11.8 Å². The third-order valence-corrected chi connectivity index (χ3v) is 2.98. The van der Waals surface area contributed by atoms with E-state index in [2.05, 4.69) is 0 Å². The van der Waals surface area contributed by atoms with Gasteiger partial charge >= 0.3 is 5.97 Å². The van der Waals surface area contributed by atoms with Crippen molar-refractivity contribution in [3.63, 3.8) is 0 Å². The highest BCUT2D eigenvalue weighted by Gasteiger charge is 2.40. The maximum atomic E-state index is 11.7. The summed E-state index contributed by atoms with van der Waals surface area (Å²) in [5, 5.41) is 29.4. The third-order valence-electron chi connectivity index (χ3n) is 2.98. The van der Waals surface area contributed by atoms with E-state index in [1.54, 1.807) is 21.1 Å². The first kappa shape index (κ1) is 19.6. The number of aliphatic carboxylic acids is 1. The van der Waals surface area contributed by atoms with Crippen molar-refractivity contribution in [2.75, 3.05) is 27.7 Å². The molecule has 0 rings (SSSR count). The molecule has 0 saturated heterocycles. The minimum absolute atomic E-state index is 0.0100. The van der Waals surface area contributed by atoms with Gasteiger partial charge in [-0.15, -0.1) is 0 Å². The van der Waals surface area contributed by atoms with Crippen molar-refractivity contribution in [3.8, 4) is 0 Å². The number of aliphatic hydroxyl groups excluding tert-OH is 1. The number of rotatable bonds is 10. The number of likely N-dealkylation sites (N-methyl/N-ethyl adjacent to an activating group) is 1. The van der Waals surface area contributed by atoms with Crippen molar-refractivity contribution in [1.29, 1.82) is 0 Å². The van der Waals surface area contributed by atoms with Gasteiger partial charge in [-0.3, -0.25) is 9.59 Å². The van der Waals surface area contributed by atoms with E-state index in [0.717, 1.165) is 18.9 Å². The molecule has 0 fully saturated rings. The van der Waals surface area contributed by atoms with Gasteiger partial charge in [0.25, 0.3) is 0 Å². The second kappa shape index (κ2) is 8.14. The summed E-state index contributed by atoms with van der Waals surface area (Å²) in [6.07, 6.45) is 3.21. The van der Waals surface area contributed by atoms with Gasteiger partial charge in [0.2, 0.25) is 0 Å². The number of hydrogen-bond donors (Lipinski definition) is 3. The van der Waals surface area contributed by atoms with Crippen LogP contribution < -0.4 is 0 Å². The number of quaternary nitrogens is 1. The van der Waals surface area contributed by atoms with E-state index in [1.165, 1.54) is 0 Å². The summed E-state index contributed by atoms with van der Waals surface area (Å²) in [5.41, 5.74) is -1.94. The molecular weight excluding hydrogens is 274 g/mol. The van der Waals surface area contributed by atoms with Crippen LogP contribution in [0.3, 0.4) is 0 Å². The lowest BCUT2D eigenvalue weighted by atomic mass is 9.94. The highest BCUT2D eigenvalue weighted by Crippen LogP contribution is 2.22. The summed E-state index contributed by atoms with van der Waals surface area (Å²) in [4.78, 5) is 22.6. The van der Waals surface area contributed by atoms with Crippen LogP contribution in [0.2, 0.25) is 0 Å². The Morgan fingerprint density at radius 2 is 1.71 bits per heavy atom. The molecule has 122 valence electrons. The van der Waals surface area contributed by atoms with Crippen LogP contribution in [0, 0.1) is 0 Å². The molecule has 0 aliphatic heterocycles. The lowest BCUT2D eigenvalue weighted by Crippen LogP contribution is -2.51. The molecule has 0 aromatic carbocycles. The Balaban J connectivity index is 5.05. The first-order valence-corrected chi connectivity index (χ1v) is 7.19. The average molecular weight is 302 g/mol. The molecule has 6 heteroatoms. The van der Waals surface area contributed by atoms with Crippen LogP contribution in [-0.2, 0) is 9.59 Å². The zero-order chi connectivity index (χ0) is 16.7. The van der Waals surface area contributed by atoms with Gasteiger partial charge in [0, 0.05) is 12.5 Å². The van der Waals surface area contributed by atoms with E-state index in [1.807, 2.05) is 6.92 Å². The molecule has 0 spiro atoms. The van der Waals surface area contributed by atoms with Crippen molar-refractivity contribution < 1.29 is 29.4 Å². The molecule has 1 unspecified atom stereocenters. The second-order valence-electron chi connectivity index (χ2n) is 6.50. The Bertz CT molecular complexity index is 397. The van der Waals surface area contributed by atoms with Gasteiger partial charge in [-0.1, -0.05) is 19.8 Å². The van der Waals surface area contributed by atoms with Crippen LogP contribution in [-0.4, -0.2) is 64.8 Å². The van der Waals surface area contributed by atoms with E-state index in [9.17, 15) is 19.8 Å². The molecule has 0 aliphatic rings. The zero-order valence-electron chi connectivity index (χ0n) is 13.4. The smallest absolute Gasteiger partial charge is 0.307 e. The molecule has 0 aliphatic carbocycles. The van der Waals surface area contributed by atoms with Gasteiger partial charge in [-0.25, -0.2) is 0 Å². The minimum atomic E-state index is -1.94. The van der Waals surface area contributed by atoms with Gasteiger partial charge in [-0.2, -0.15) is 0 Å². The van der Waals surface area contributed by atoms with E-state index >= 15 is 0 Å². The summed E-state index contributed by atoms with van der Waals surface area (Å²) in [6.45, 7) is 2.01. The first-order valence-electron chi connectivity index (χ1n) is 7.19. The minimum Gasteiger partial charge on any atom is -0.509 e. The van der Waals surface area contributed by atoms with Crippen LogP contribution in [0.5, 0.6) is 0 Å². The average Bonchev–Trinajstić information content (AvgIpc) is 2.25. The van der Waals surface area contributed by atoms with Crippen molar-refractivity contribution in [3.05, 3.63) is 11.8 Å². The van der Waals surface area contributed by atoms with E-state index < -0.39 is 23.8 Å². The maximum absolute atomic E-state index is 11.7. The molecule has 0 saturated carbocycles. The number of ketones is 1. The topological polar surface area (TPSA) is 94.8 Å². The third kappa shape index (κ3) is 8.47. The van der Waals surface area contributed by atoms with Gasteiger partial charge in [0.05, 0.1) is 27.6 Å². The van der Waals surface area contributed by atoms with Gasteiger partial charge in [0.15, 0.2) is 11.4 Å². The summed E-state index contributed by atoms with van der Waals surface area (Å²) in [6, 6.07) is 0. The van der Waals surface area contributed by atoms with Crippen LogP contribution >= 0.6 is 0 Å². The maximum Gasteiger partial charge on any atom is 0.307 e. The lowest BCUT2D eigenvalue weighted by molar-refractivity contribution is -0.876. The molecule has 21 heavy (non-hydrogen) atoms. The fraction of sp³-hybridized carbons (Fsp3) is 0.733. The standard InChI is InChI=1S/C15H27NO5/c1-5-6-7-8-12(17)9-13(18)15(21,10-14(19)20)11-16(2,3)4/h9,21H,5-8,10-11H2,1-4H3,(H-,17,18,19,20)/p+1. The highest BCUT2D eigenvalue weighted by atomic mass is 16.4.